The molecular formula is C20H22ClF3N2O3S. The molecule has 2 aromatic carbocycles. The molecule has 164 valence electrons. The van der Waals surface area contributed by atoms with Crippen molar-refractivity contribution in [1.29, 1.82) is 0 Å². The number of benzene rings is 2. The van der Waals surface area contributed by atoms with E-state index in [1.54, 1.807) is 24.3 Å². The molecule has 0 aliphatic carbocycles. The number of carbonyl (C=O) groups excluding carboxylic acids is 1. The van der Waals surface area contributed by atoms with E-state index in [9.17, 15) is 26.4 Å². The summed E-state index contributed by atoms with van der Waals surface area (Å²) in [5.41, 5.74) is -0.598. The van der Waals surface area contributed by atoms with Crippen LogP contribution in [0.5, 0.6) is 0 Å². The van der Waals surface area contributed by atoms with Gasteiger partial charge in [0.25, 0.3) is 0 Å². The Kier molecular flexibility index (Phi) is 6.78. The number of nitrogens with zero attached hydrogens (tertiary/aromatic N) is 1. The van der Waals surface area contributed by atoms with Gasteiger partial charge in [-0.25, -0.2) is 8.42 Å². The van der Waals surface area contributed by atoms with E-state index in [2.05, 4.69) is 5.32 Å². The lowest BCUT2D eigenvalue weighted by molar-refractivity contribution is -0.137. The Labute approximate surface area is 178 Å². The molecule has 0 aromatic heterocycles. The Morgan fingerprint density at radius 3 is 2.10 bits per heavy atom. The quantitative estimate of drug-likeness (QED) is 0.675. The average Bonchev–Trinajstić information content (AvgIpc) is 2.59. The molecule has 0 saturated carbocycles. The number of amides is 1. The third kappa shape index (κ3) is 6.12. The van der Waals surface area contributed by atoms with E-state index in [1.807, 2.05) is 20.8 Å². The first kappa shape index (κ1) is 24.0. The predicted molar refractivity (Wildman–Crippen MR) is 112 cm³/mol. The fourth-order valence-corrected chi connectivity index (χ4v) is 3.74. The van der Waals surface area contributed by atoms with Crippen LogP contribution >= 0.6 is 11.6 Å². The number of hydrogen-bond acceptors (Lipinski definition) is 3. The first-order chi connectivity index (χ1) is 13.6. The Hall–Kier alpha value is -2.26. The normalized spacial score (nSPS) is 12.5. The number of alkyl halides is 3. The first-order valence-electron chi connectivity index (χ1n) is 8.84. The van der Waals surface area contributed by atoms with Gasteiger partial charge in [-0.15, -0.1) is 0 Å². The highest BCUT2D eigenvalue weighted by Crippen LogP contribution is 2.36. The van der Waals surface area contributed by atoms with E-state index >= 15 is 0 Å². The van der Waals surface area contributed by atoms with Gasteiger partial charge < -0.3 is 5.32 Å². The first-order valence-corrected chi connectivity index (χ1v) is 11.1. The summed E-state index contributed by atoms with van der Waals surface area (Å²) in [5.74, 6) is -0.923. The average molecular weight is 463 g/mol. The molecule has 0 bridgehead atoms. The van der Waals surface area contributed by atoms with Gasteiger partial charge in [-0.1, -0.05) is 44.5 Å². The summed E-state index contributed by atoms with van der Waals surface area (Å²) in [7, 11) is -3.87. The van der Waals surface area contributed by atoms with Crippen LogP contribution in [0.4, 0.5) is 24.5 Å². The molecule has 0 atom stereocenters. The molecule has 0 heterocycles. The van der Waals surface area contributed by atoms with Crippen molar-refractivity contribution in [3.8, 4) is 0 Å². The molecule has 1 N–H and O–H groups in total. The van der Waals surface area contributed by atoms with Crippen LogP contribution in [0, 0.1) is 0 Å². The minimum atomic E-state index is -4.74. The van der Waals surface area contributed by atoms with Gasteiger partial charge in [0.1, 0.15) is 6.54 Å². The van der Waals surface area contributed by atoms with Crippen LogP contribution in [0.1, 0.15) is 31.9 Å². The Balaban J connectivity index is 2.30. The van der Waals surface area contributed by atoms with Crippen molar-refractivity contribution in [3.63, 3.8) is 0 Å². The van der Waals surface area contributed by atoms with Crippen LogP contribution < -0.4 is 9.62 Å². The van der Waals surface area contributed by atoms with Gasteiger partial charge in [0.05, 0.1) is 23.2 Å². The number of sulfonamides is 1. The van der Waals surface area contributed by atoms with E-state index in [0.717, 1.165) is 22.2 Å². The highest BCUT2D eigenvalue weighted by Gasteiger charge is 2.34. The molecule has 0 saturated heterocycles. The zero-order valence-electron chi connectivity index (χ0n) is 16.8. The number of rotatable bonds is 5. The largest absolute Gasteiger partial charge is 0.418 e. The monoisotopic (exact) mass is 462 g/mol. The van der Waals surface area contributed by atoms with Crippen LogP contribution in [0.2, 0.25) is 5.02 Å². The van der Waals surface area contributed by atoms with Gasteiger partial charge in [-0.2, -0.15) is 13.2 Å². The predicted octanol–water partition coefficient (Wildman–Crippen LogP) is 5.06. The fourth-order valence-electron chi connectivity index (χ4n) is 2.71. The van der Waals surface area contributed by atoms with Crippen LogP contribution in [0.15, 0.2) is 42.5 Å². The molecule has 0 fully saturated rings. The van der Waals surface area contributed by atoms with Crippen LogP contribution in [-0.4, -0.2) is 27.1 Å². The number of hydrogen-bond donors (Lipinski definition) is 1. The summed E-state index contributed by atoms with van der Waals surface area (Å²) >= 11 is 5.63. The summed E-state index contributed by atoms with van der Waals surface area (Å²) < 4.78 is 64.9. The Bertz CT molecular complexity index is 1030. The molecule has 1 amide bonds. The van der Waals surface area contributed by atoms with Gasteiger partial charge >= 0.3 is 6.18 Å². The number of anilines is 2. The summed E-state index contributed by atoms with van der Waals surface area (Å²) in [5, 5.41) is 1.99. The molecule has 0 aliphatic rings. The maximum Gasteiger partial charge on any atom is 0.418 e. The molecule has 30 heavy (non-hydrogen) atoms. The lowest BCUT2D eigenvalue weighted by atomic mass is 9.87. The molecule has 10 heteroatoms. The third-order valence-corrected chi connectivity index (χ3v) is 5.65. The zero-order chi connectivity index (χ0) is 22.9. The standard InChI is InChI=1S/C20H22ClF3N2O3S/c1-19(2,3)13-5-8-15(9-6-13)26(30(4,28)29)12-18(27)25-17-10-7-14(21)11-16(17)20(22,23)24/h5-11H,12H2,1-4H3,(H,25,27). The molecule has 2 aromatic rings. The summed E-state index contributed by atoms with van der Waals surface area (Å²) in [6.45, 7) is 5.30. The van der Waals surface area contributed by atoms with E-state index in [1.165, 1.54) is 6.07 Å². The third-order valence-electron chi connectivity index (χ3n) is 4.27. The van der Waals surface area contributed by atoms with E-state index in [0.29, 0.717) is 6.07 Å². The SMILES string of the molecule is CC(C)(C)c1ccc(N(CC(=O)Nc2ccc(Cl)cc2C(F)(F)F)S(C)(=O)=O)cc1. The fraction of sp³-hybridized carbons (Fsp3) is 0.350. The Morgan fingerprint density at radius 1 is 1.07 bits per heavy atom. The van der Waals surface area contributed by atoms with E-state index in [4.69, 9.17) is 11.6 Å². The molecule has 5 nitrogen and oxygen atoms in total. The maximum atomic E-state index is 13.2. The van der Waals surface area contributed by atoms with Crippen LogP contribution in [-0.2, 0) is 26.4 Å². The maximum absolute atomic E-state index is 13.2. The second kappa shape index (κ2) is 8.47. The number of halogens is 4. The number of nitrogens with one attached hydrogen (secondary N) is 1. The van der Waals surface area contributed by atoms with Gasteiger partial charge in [0.2, 0.25) is 15.9 Å². The summed E-state index contributed by atoms with van der Waals surface area (Å²) in [6, 6.07) is 9.50. The minimum Gasteiger partial charge on any atom is -0.324 e. The Morgan fingerprint density at radius 2 is 1.63 bits per heavy atom. The van der Waals surface area contributed by atoms with Crippen molar-refractivity contribution >= 4 is 38.9 Å². The van der Waals surface area contributed by atoms with Crippen molar-refractivity contribution < 1.29 is 26.4 Å². The van der Waals surface area contributed by atoms with Gasteiger partial charge in [-0.05, 0) is 41.3 Å². The highest BCUT2D eigenvalue weighted by molar-refractivity contribution is 7.92. The lowest BCUT2D eigenvalue weighted by Gasteiger charge is -2.24. The van der Waals surface area contributed by atoms with Gasteiger partial charge in [0.15, 0.2) is 0 Å². The van der Waals surface area contributed by atoms with Crippen molar-refractivity contribution in [2.45, 2.75) is 32.4 Å². The molecule has 0 spiro atoms. The van der Waals surface area contributed by atoms with Crippen molar-refractivity contribution in [2.75, 3.05) is 22.4 Å². The second-order valence-corrected chi connectivity index (χ2v) is 10.1. The van der Waals surface area contributed by atoms with Crippen molar-refractivity contribution in [3.05, 3.63) is 58.6 Å². The van der Waals surface area contributed by atoms with Crippen molar-refractivity contribution in [2.24, 2.45) is 0 Å². The highest BCUT2D eigenvalue weighted by atomic mass is 35.5. The van der Waals surface area contributed by atoms with Crippen LogP contribution in [0.3, 0.4) is 0 Å². The second-order valence-electron chi connectivity index (χ2n) is 7.80. The lowest BCUT2D eigenvalue weighted by Crippen LogP contribution is -2.37. The molecule has 0 unspecified atom stereocenters. The molecular weight excluding hydrogens is 441 g/mol. The van der Waals surface area contributed by atoms with Gasteiger partial charge in [-0.3, -0.25) is 9.10 Å². The summed E-state index contributed by atoms with van der Waals surface area (Å²) in [4.78, 5) is 12.4. The van der Waals surface area contributed by atoms with Crippen molar-refractivity contribution in [1.82, 2.24) is 0 Å². The number of carbonyl (C=O) groups is 1. The molecule has 0 aliphatic heterocycles. The summed E-state index contributed by atoms with van der Waals surface area (Å²) in [6.07, 6.45) is -3.83. The smallest absolute Gasteiger partial charge is 0.324 e. The molecule has 0 radical (unpaired) electrons. The topological polar surface area (TPSA) is 66.5 Å². The van der Waals surface area contributed by atoms with E-state index < -0.39 is 39.9 Å². The molecule has 2 rings (SSSR count). The van der Waals surface area contributed by atoms with Crippen LogP contribution in [0.25, 0.3) is 0 Å². The van der Waals surface area contributed by atoms with Gasteiger partial charge in [0, 0.05) is 5.02 Å². The minimum absolute atomic E-state index is 0.142. The van der Waals surface area contributed by atoms with E-state index in [-0.39, 0.29) is 16.1 Å². The zero-order valence-corrected chi connectivity index (χ0v) is 18.4.